The molecule has 1 N–H and O–H groups in total. The maximum atomic E-state index is 13.0. The average Bonchev–Trinajstić information content (AvgIpc) is 3.48. The van der Waals surface area contributed by atoms with Crippen molar-refractivity contribution in [2.24, 2.45) is 7.05 Å². The third-order valence-corrected chi connectivity index (χ3v) is 5.30. The first kappa shape index (κ1) is 23.0. The average molecular weight is 461 g/mol. The Balaban J connectivity index is 1.74. The van der Waals surface area contributed by atoms with Gasteiger partial charge in [-0.1, -0.05) is 30.3 Å². The number of methoxy groups -OCH3 is 1. The molecule has 4 aromatic rings. The van der Waals surface area contributed by atoms with E-state index < -0.39 is 0 Å². The second kappa shape index (κ2) is 10.6. The first-order valence-corrected chi connectivity index (χ1v) is 11.1. The molecule has 4 rings (SSSR count). The van der Waals surface area contributed by atoms with Gasteiger partial charge in [-0.3, -0.25) is 0 Å². The Kier molecular flexibility index (Phi) is 7.17. The van der Waals surface area contributed by atoms with Crippen LogP contribution in [0.2, 0.25) is 0 Å². The Morgan fingerprint density at radius 1 is 1.03 bits per heavy atom. The number of hydrogen-bond acceptors (Lipinski definition) is 5. The van der Waals surface area contributed by atoms with Gasteiger partial charge in [0.25, 0.3) is 0 Å². The van der Waals surface area contributed by atoms with Gasteiger partial charge < -0.3 is 24.1 Å². The first-order valence-electron chi connectivity index (χ1n) is 11.1. The standard InChI is InChI=1S/C26H28N4O4/c1-4-27-26(31)30(17-22-11-8-16-33-22)18-23-24(19-9-6-5-7-10-19)28-29(2)25(23)34-21-14-12-20(32-3)13-15-21/h5-16H,4,17-18H2,1-3H3,(H,27,31). The van der Waals surface area contributed by atoms with Crippen molar-refractivity contribution in [1.82, 2.24) is 20.0 Å². The molecule has 0 bridgehead atoms. The molecule has 0 radical (unpaired) electrons. The van der Waals surface area contributed by atoms with Crippen molar-refractivity contribution in [2.45, 2.75) is 20.0 Å². The summed E-state index contributed by atoms with van der Waals surface area (Å²) >= 11 is 0. The molecule has 2 aromatic carbocycles. The predicted molar refractivity (Wildman–Crippen MR) is 129 cm³/mol. The zero-order valence-electron chi connectivity index (χ0n) is 19.5. The van der Waals surface area contributed by atoms with E-state index in [0.29, 0.717) is 30.5 Å². The van der Waals surface area contributed by atoms with Crippen LogP contribution in [0.25, 0.3) is 11.3 Å². The monoisotopic (exact) mass is 460 g/mol. The van der Waals surface area contributed by atoms with Gasteiger partial charge in [0.1, 0.15) is 23.0 Å². The molecular weight excluding hydrogens is 432 g/mol. The summed E-state index contributed by atoms with van der Waals surface area (Å²) in [5.74, 6) is 2.62. The number of nitrogens with zero attached hydrogens (tertiary/aromatic N) is 3. The number of rotatable bonds is 9. The van der Waals surface area contributed by atoms with E-state index in [2.05, 4.69) is 5.32 Å². The van der Waals surface area contributed by atoms with Gasteiger partial charge in [0.2, 0.25) is 5.88 Å². The smallest absolute Gasteiger partial charge is 0.318 e. The molecule has 0 unspecified atom stereocenters. The van der Waals surface area contributed by atoms with E-state index in [4.69, 9.17) is 19.0 Å². The lowest BCUT2D eigenvalue weighted by Crippen LogP contribution is -2.39. The zero-order valence-corrected chi connectivity index (χ0v) is 19.5. The van der Waals surface area contributed by atoms with Crippen LogP contribution in [0.3, 0.4) is 0 Å². The van der Waals surface area contributed by atoms with Crippen LogP contribution in [0.1, 0.15) is 18.2 Å². The second-order valence-corrected chi connectivity index (χ2v) is 7.67. The molecule has 0 saturated heterocycles. The van der Waals surface area contributed by atoms with Crippen LogP contribution in [-0.2, 0) is 20.1 Å². The Bertz CT molecular complexity index is 1200. The minimum Gasteiger partial charge on any atom is -0.497 e. The minimum absolute atomic E-state index is 0.197. The number of furan rings is 1. The number of urea groups is 1. The Hall–Kier alpha value is -4.20. The summed E-state index contributed by atoms with van der Waals surface area (Å²) in [6, 6.07) is 20.7. The van der Waals surface area contributed by atoms with Crippen LogP contribution < -0.4 is 14.8 Å². The highest BCUT2D eigenvalue weighted by Gasteiger charge is 2.25. The van der Waals surface area contributed by atoms with Crippen molar-refractivity contribution in [1.29, 1.82) is 0 Å². The van der Waals surface area contributed by atoms with Crippen LogP contribution >= 0.6 is 0 Å². The van der Waals surface area contributed by atoms with Gasteiger partial charge in [-0.25, -0.2) is 9.48 Å². The lowest BCUT2D eigenvalue weighted by molar-refractivity contribution is 0.187. The summed E-state index contributed by atoms with van der Waals surface area (Å²) in [5, 5.41) is 7.64. The highest BCUT2D eigenvalue weighted by molar-refractivity contribution is 5.75. The molecule has 2 amide bonds. The minimum atomic E-state index is -0.197. The van der Waals surface area contributed by atoms with Crippen LogP contribution in [0.5, 0.6) is 17.4 Å². The molecule has 0 aliphatic heterocycles. The lowest BCUT2D eigenvalue weighted by Gasteiger charge is -2.22. The lowest BCUT2D eigenvalue weighted by atomic mass is 10.1. The van der Waals surface area contributed by atoms with Crippen LogP contribution in [-0.4, -0.2) is 34.4 Å². The van der Waals surface area contributed by atoms with E-state index in [9.17, 15) is 4.79 Å². The number of carbonyl (C=O) groups is 1. The van der Waals surface area contributed by atoms with Gasteiger partial charge in [0.05, 0.1) is 32.0 Å². The summed E-state index contributed by atoms with van der Waals surface area (Å²) in [4.78, 5) is 14.6. The number of ether oxygens (including phenoxy) is 2. The molecule has 0 fully saturated rings. The number of amides is 2. The van der Waals surface area contributed by atoms with Gasteiger partial charge in [-0.15, -0.1) is 0 Å². The third kappa shape index (κ3) is 5.23. The summed E-state index contributed by atoms with van der Waals surface area (Å²) in [6.07, 6.45) is 1.60. The van der Waals surface area contributed by atoms with Crippen LogP contribution in [0, 0.1) is 0 Å². The molecule has 8 heteroatoms. The topological polar surface area (TPSA) is 81.8 Å². The number of hydrogen-bond donors (Lipinski definition) is 1. The quantitative estimate of drug-likeness (QED) is 0.371. The Morgan fingerprint density at radius 3 is 2.41 bits per heavy atom. The van der Waals surface area contributed by atoms with Crippen LogP contribution in [0.4, 0.5) is 4.79 Å². The van der Waals surface area contributed by atoms with Gasteiger partial charge in [0.15, 0.2) is 0 Å². The molecule has 176 valence electrons. The number of carbonyl (C=O) groups excluding carboxylic acids is 1. The van der Waals surface area contributed by atoms with Gasteiger partial charge in [-0.2, -0.15) is 5.10 Å². The number of nitrogens with one attached hydrogen (secondary N) is 1. The fourth-order valence-electron chi connectivity index (χ4n) is 3.65. The fourth-order valence-corrected chi connectivity index (χ4v) is 3.65. The molecule has 0 atom stereocenters. The van der Waals surface area contributed by atoms with Gasteiger partial charge in [-0.05, 0) is 43.3 Å². The summed E-state index contributed by atoms with van der Waals surface area (Å²) in [6.45, 7) is 2.99. The first-order chi connectivity index (χ1) is 16.6. The van der Waals surface area contributed by atoms with E-state index in [-0.39, 0.29) is 12.6 Å². The van der Waals surface area contributed by atoms with E-state index in [1.165, 1.54) is 0 Å². The molecular formula is C26H28N4O4. The molecule has 2 heterocycles. The van der Waals surface area contributed by atoms with Crippen molar-refractivity contribution in [3.05, 3.63) is 84.3 Å². The molecule has 0 saturated carbocycles. The van der Waals surface area contributed by atoms with Crippen molar-refractivity contribution >= 4 is 6.03 Å². The Labute approximate surface area is 198 Å². The largest absolute Gasteiger partial charge is 0.497 e. The van der Waals surface area contributed by atoms with E-state index in [0.717, 1.165) is 22.6 Å². The van der Waals surface area contributed by atoms with E-state index in [1.807, 2.05) is 80.7 Å². The predicted octanol–water partition coefficient (Wildman–Crippen LogP) is 5.21. The van der Waals surface area contributed by atoms with Gasteiger partial charge >= 0.3 is 6.03 Å². The fraction of sp³-hybridized carbons (Fsp3) is 0.231. The van der Waals surface area contributed by atoms with Crippen molar-refractivity contribution < 1.29 is 18.7 Å². The summed E-state index contributed by atoms with van der Waals surface area (Å²) in [7, 11) is 3.45. The molecule has 2 aromatic heterocycles. The van der Waals surface area contributed by atoms with E-state index in [1.54, 1.807) is 23.0 Å². The highest BCUT2D eigenvalue weighted by atomic mass is 16.5. The summed E-state index contributed by atoms with van der Waals surface area (Å²) in [5.41, 5.74) is 2.48. The Morgan fingerprint density at radius 2 is 1.76 bits per heavy atom. The molecule has 34 heavy (non-hydrogen) atoms. The highest BCUT2D eigenvalue weighted by Crippen LogP contribution is 2.35. The number of benzene rings is 2. The third-order valence-electron chi connectivity index (χ3n) is 5.30. The SMILES string of the molecule is CCNC(=O)N(Cc1ccco1)Cc1c(-c2ccccc2)nn(C)c1Oc1ccc(OC)cc1. The van der Waals surface area contributed by atoms with Crippen molar-refractivity contribution in [3.8, 4) is 28.6 Å². The normalized spacial score (nSPS) is 10.7. The number of aromatic nitrogens is 2. The van der Waals surface area contributed by atoms with Crippen LogP contribution in [0.15, 0.2) is 77.4 Å². The maximum Gasteiger partial charge on any atom is 0.318 e. The number of aryl methyl sites for hydroxylation is 1. The maximum absolute atomic E-state index is 13.0. The molecule has 0 spiro atoms. The molecule has 0 aliphatic rings. The van der Waals surface area contributed by atoms with Gasteiger partial charge in [0, 0.05) is 19.2 Å². The zero-order chi connectivity index (χ0) is 23.9. The van der Waals surface area contributed by atoms with Crippen molar-refractivity contribution in [3.63, 3.8) is 0 Å². The van der Waals surface area contributed by atoms with E-state index >= 15 is 0 Å². The summed E-state index contributed by atoms with van der Waals surface area (Å²) < 4.78 is 18.7. The molecule has 0 aliphatic carbocycles. The molecule has 8 nitrogen and oxygen atoms in total. The second-order valence-electron chi connectivity index (χ2n) is 7.67. The van der Waals surface area contributed by atoms with Crippen molar-refractivity contribution in [2.75, 3.05) is 13.7 Å².